The number of imidazole rings is 1. The molecule has 0 aliphatic rings. The van der Waals surface area contributed by atoms with Crippen molar-refractivity contribution < 1.29 is 9.18 Å². The quantitative estimate of drug-likeness (QED) is 0.665. The first kappa shape index (κ1) is 18.8. The van der Waals surface area contributed by atoms with Gasteiger partial charge < -0.3 is 5.32 Å². The monoisotopic (exact) mass is 393 g/mol. The molecule has 3 aromatic rings. The number of amides is 1. The van der Waals surface area contributed by atoms with Crippen molar-refractivity contribution in [2.75, 3.05) is 0 Å². The van der Waals surface area contributed by atoms with Crippen LogP contribution in [0.2, 0.25) is 5.28 Å². The lowest BCUT2D eigenvalue weighted by atomic mass is 10.1. The molecule has 0 radical (unpaired) electrons. The minimum atomic E-state index is -0.588. The molecule has 10 heteroatoms. The smallest absolute Gasteiger partial charge is 0.332 e. The van der Waals surface area contributed by atoms with E-state index in [-0.39, 0.29) is 35.4 Å². The summed E-state index contributed by atoms with van der Waals surface area (Å²) in [7, 11) is 2.81. The standard InChI is InChI=1S/C17H17ClFN5O3/c1-9-6-10(4-5-11(9)19)7-20-12(25)8-24-13-14(21-16(24)18)22(2)17(27)23(3)15(13)26/h4-6H,7-8H2,1-3H3,(H,20,25). The van der Waals surface area contributed by atoms with Gasteiger partial charge in [0.2, 0.25) is 11.2 Å². The van der Waals surface area contributed by atoms with Gasteiger partial charge in [0, 0.05) is 20.6 Å². The van der Waals surface area contributed by atoms with Gasteiger partial charge >= 0.3 is 5.69 Å². The van der Waals surface area contributed by atoms with Crippen LogP contribution in [0.25, 0.3) is 11.2 Å². The SMILES string of the molecule is Cc1cc(CNC(=O)Cn2c(Cl)nc3c2c(=O)n(C)c(=O)n3C)ccc1F. The molecule has 0 aliphatic heterocycles. The number of halogens is 2. The van der Waals surface area contributed by atoms with Crippen LogP contribution in [-0.4, -0.2) is 24.6 Å². The molecule has 0 spiro atoms. The van der Waals surface area contributed by atoms with Crippen LogP contribution in [0.15, 0.2) is 27.8 Å². The minimum Gasteiger partial charge on any atom is -0.350 e. The number of aryl methyl sites for hydroxylation is 2. The number of hydrogen-bond acceptors (Lipinski definition) is 4. The van der Waals surface area contributed by atoms with Crippen molar-refractivity contribution >= 4 is 28.7 Å². The fraction of sp³-hybridized carbons (Fsp3) is 0.294. The normalized spacial score (nSPS) is 11.1. The van der Waals surface area contributed by atoms with Gasteiger partial charge in [-0.3, -0.25) is 23.3 Å². The van der Waals surface area contributed by atoms with Crippen molar-refractivity contribution in [3.63, 3.8) is 0 Å². The number of nitrogens with zero attached hydrogens (tertiary/aromatic N) is 4. The number of aromatic nitrogens is 4. The summed E-state index contributed by atoms with van der Waals surface area (Å²) in [4.78, 5) is 40.7. The minimum absolute atomic E-state index is 0.0670. The molecule has 1 amide bonds. The maximum atomic E-state index is 13.3. The molecule has 0 saturated heterocycles. The molecule has 0 aliphatic carbocycles. The largest absolute Gasteiger partial charge is 0.350 e. The summed E-state index contributed by atoms with van der Waals surface area (Å²) in [6.07, 6.45) is 0. The van der Waals surface area contributed by atoms with Crippen LogP contribution in [0.1, 0.15) is 11.1 Å². The molecule has 3 rings (SSSR count). The highest BCUT2D eigenvalue weighted by molar-refractivity contribution is 6.29. The zero-order valence-corrected chi connectivity index (χ0v) is 15.7. The van der Waals surface area contributed by atoms with Crippen LogP contribution in [-0.2, 0) is 32.0 Å². The Morgan fingerprint density at radius 2 is 1.96 bits per heavy atom. The molecule has 0 unspecified atom stereocenters. The van der Waals surface area contributed by atoms with Gasteiger partial charge in [-0.1, -0.05) is 12.1 Å². The fourth-order valence-electron chi connectivity index (χ4n) is 2.78. The van der Waals surface area contributed by atoms with E-state index in [2.05, 4.69) is 10.3 Å². The third-order valence-electron chi connectivity index (χ3n) is 4.32. The molecular formula is C17H17ClFN5O3. The topological polar surface area (TPSA) is 90.9 Å². The van der Waals surface area contributed by atoms with E-state index in [1.54, 1.807) is 19.1 Å². The Morgan fingerprint density at radius 1 is 1.26 bits per heavy atom. The van der Waals surface area contributed by atoms with Crippen molar-refractivity contribution in [1.29, 1.82) is 0 Å². The summed E-state index contributed by atoms with van der Waals surface area (Å²) >= 11 is 6.08. The van der Waals surface area contributed by atoms with Crippen LogP contribution in [0.3, 0.4) is 0 Å². The number of carbonyl (C=O) groups is 1. The van der Waals surface area contributed by atoms with E-state index in [0.717, 1.165) is 10.1 Å². The van der Waals surface area contributed by atoms with Crippen LogP contribution >= 0.6 is 11.6 Å². The van der Waals surface area contributed by atoms with Crippen molar-refractivity contribution in [3.05, 3.63) is 61.3 Å². The molecule has 2 aromatic heterocycles. The van der Waals surface area contributed by atoms with Gasteiger partial charge in [0.05, 0.1) is 0 Å². The molecule has 0 bridgehead atoms. The van der Waals surface area contributed by atoms with Gasteiger partial charge in [-0.05, 0) is 35.7 Å². The van der Waals surface area contributed by atoms with E-state index in [9.17, 15) is 18.8 Å². The highest BCUT2D eigenvalue weighted by Crippen LogP contribution is 2.15. The molecule has 142 valence electrons. The zero-order chi connectivity index (χ0) is 19.9. The first-order valence-electron chi connectivity index (χ1n) is 8.04. The van der Waals surface area contributed by atoms with Gasteiger partial charge in [-0.25, -0.2) is 9.18 Å². The molecule has 0 saturated carbocycles. The predicted molar refractivity (Wildman–Crippen MR) is 98.2 cm³/mol. The van der Waals surface area contributed by atoms with Crippen molar-refractivity contribution in [2.24, 2.45) is 14.1 Å². The van der Waals surface area contributed by atoms with E-state index in [0.29, 0.717) is 5.56 Å². The number of rotatable bonds is 4. The fourth-order valence-corrected chi connectivity index (χ4v) is 3.01. The molecular weight excluding hydrogens is 377 g/mol. The molecule has 0 atom stereocenters. The van der Waals surface area contributed by atoms with Gasteiger partial charge in [-0.15, -0.1) is 0 Å². The van der Waals surface area contributed by atoms with Crippen LogP contribution in [0.5, 0.6) is 0 Å². The molecule has 0 fully saturated rings. The Labute approximate surface area is 157 Å². The summed E-state index contributed by atoms with van der Waals surface area (Å²) in [5, 5.41) is 2.62. The van der Waals surface area contributed by atoms with Gasteiger partial charge in [0.1, 0.15) is 12.4 Å². The van der Waals surface area contributed by atoms with E-state index in [4.69, 9.17) is 11.6 Å². The second-order valence-corrected chi connectivity index (χ2v) is 6.54. The zero-order valence-electron chi connectivity index (χ0n) is 14.9. The lowest BCUT2D eigenvalue weighted by Crippen LogP contribution is -2.38. The molecule has 27 heavy (non-hydrogen) atoms. The number of hydrogen-bond donors (Lipinski definition) is 1. The van der Waals surface area contributed by atoms with Gasteiger partial charge in [0.15, 0.2) is 11.2 Å². The first-order valence-corrected chi connectivity index (χ1v) is 8.42. The van der Waals surface area contributed by atoms with Crippen molar-refractivity contribution in [1.82, 2.24) is 24.0 Å². The highest BCUT2D eigenvalue weighted by Gasteiger charge is 2.19. The van der Waals surface area contributed by atoms with Crippen molar-refractivity contribution in [2.45, 2.75) is 20.0 Å². The Hall–Kier alpha value is -2.94. The summed E-state index contributed by atoms with van der Waals surface area (Å²) in [5.74, 6) is -0.725. The van der Waals surface area contributed by atoms with Crippen LogP contribution in [0, 0.1) is 12.7 Å². The molecule has 1 aromatic carbocycles. The van der Waals surface area contributed by atoms with Gasteiger partial charge in [0.25, 0.3) is 5.56 Å². The van der Waals surface area contributed by atoms with E-state index in [1.165, 1.54) is 29.3 Å². The third-order valence-corrected chi connectivity index (χ3v) is 4.60. The Bertz CT molecular complexity index is 1180. The lowest BCUT2D eigenvalue weighted by Gasteiger charge is -2.09. The molecule has 1 N–H and O–H groups in total. The summed E-state index contributed by atoms with van der Waals surface area (Å²) in [5.41, 5.74) is 0.267. The summed E-state index contributed by atoms with van der Waals surface area (Å²) < 4.78 is 16.7. The summed E-state index contributed by atoms with van der Waals surface area (Å²) in [6.45, 7) is 1.59. The highest BCUT2D eigenvalue weighted by atomic mass is 35.5. The second-order valence-electron chi connectivity index (χ2n) is 6.21. The summed E-state index contributed by atoms with van der Waals surface area (Å²) in [6, 6.07) is 4.55. The van der Waals surface area contributed by atoms with E-state index in [1.807, 2.05) is 0 Å². The third kappa shape index (κ3) is 3.37. The number of carbonyl (C=O) groups excluding carboxylic acids is 1. The lowest BCUT2D eigenvalue weighted by molar-refractivity contribution is -0.121. The first-order chi connectivity index (χ1) is 12.7. The molecule has 8 nitrogen and oxygen atoms in total. The maximum Gasteiger partial charge on any atom is 0.332 e. The average Bonchev–Trinajstić information content (AvgIpc) is 2.95. The predicted octanol–water partition coefficient (Wildman–Crippen LogP) is 0.851. The average molecular weight is 394 g/mol. The van der Waals surface area contributed by atoms with E-state index < -0.39 is 17.2 Å². The second kappa shape index (κ2) is 6.99. The molecule has 2 heterocycles. The van der Waals surface area contributed by atoms with Crippen LogP contribution in [0.4, 0.5) is 4.39 Å². The Balaban J connectivity index is 1.87. The number of fused-ring (bicyclic) bond motifs is 1. The number of nitrogens with one attached hydrogen (secondary N) is 1. The van der Waals surface area contributed by atoms with Gasteiger partial charge in [-0.2, -0.15) is 4.98 Å². The Kier molecular flexibility index (Phi) is 4.88. The maximum absolute atomic E-state index is 13.3. The van der Waals surface area contributed by atoms with Crippen LogP contribution < -0.4 is 16.6 Å². The van der Waals surface area contributed by atoms with E-state index >= 15 is 0 Å². The number of benzene rings is 1. The Morgan fingerprint density at radius 3 is 2.63 bits per heavy atom. The van der Waals surface area contributed by atoms with Crippen molar-refractivity contribution in [3.8, 4) is 0 Å².